The van der Waals surface area contributed by atoms with Crippen molar-refractivity contribution in [3.8, 4) is 6.07 Å². The zero-order valence-electron chi connectivity index (χ0n) is 11.3. The van der Waals surface area contributed by atoms with Crippen molar-refractivity contribution in [2.45, 2.75) is 51.6 Å². The first kappa shape index (κ1) is 13.1. The predicted molar refractivity (Wildman–Crippen MR) is 71.0 cm³/mol. The van der Waals surface area contributed by atoms with E-state index in [0.29, 0.717) is 6.04 Å². The normalized spacial score (nSPS) is 19.4. The highest BCUT2D eigenvalue weighted by molar-refractivity contribution is 5.15. The average molecular weight is 246 g/mol. The molecule has 1 aliphatic rings. The molecule has 0 amide bonds. The smallest absolute Gasteiger partial charge is 0.140 e. The number of hydrogen-bond donors (Lipinski definition) is 0. The number of nitriles is 1. The summed E-state index contributed by atoms with van der Waals surface area (Å²) in [6.45, 7) is 6.31. The Balaban J connectivity index is 2.21. The van der Waals surface area contributed by atoms with Crippen molar-refractivity contribution in [2.24, 2.45) is 0 Å². The predicted octanol–water partition coefficient (Wildman–Crippen LogP) is 2.90. The molecule has 0 aromatic carbocycles. The number of aromatic nitrogens is 2. The molecule has 0 saturated carbocycles. The fraction of sp³-hybridized carbons (Fsp3) is 0.714. The molecule has 0 bridgehead atoms. The van der Waals surface area contributed by atoms with Crippen LogP contribution >= 0.6 is 0 Å². The van der Waals surface area contributed by atoms with E-state index in [1.165, 1.54) is 25.7 Å². The minimum atomic E-state index is -0.145. The standard InChI is InChI=1S/C14H22N4/c1-12(2)18-11-16-10-14(18)13(9-15)17-7-5-3-4-6-8-17/h10-13H,3-8H2,1-2H3. The Kier molecular flexibility index (Phi) is 4.38. The molecule has 1 fully saturated rings. The van der Waals surface area contributed by atoms with Crippen LogP contribution in [0.2, 0.25) is 0 Å². The van der Waals surface area contributed by atoms with Gasteiger partial charge in [0.2, 0.25) is 0 Å². The van der Waals surface area contributed by atoms with E-state index in [1.807, 2.05) is 12.5 Å². The number of imidazole rings is 1. The Morgan fingerprint density at radius 3 is 2.44 bits per heavy atom. The van der Waals surface area contributed by atoms with Crippen LogP contribution in [0, 0.1) is 11.3 Å². The van der Waals surface area contributed by atoms with Gasteiger partial charge in [0, 0.05) is 6.04 Å². The van der Waals surface area contributed by atoms with Crippen molar-refractivity contribution in [2.75, 3.05) is 13.1 Å². The largest absolute Gasteiger partial charge is 0.330 e. The lowest BCUT2D eigenvalue weighted by Crippen LogP contribution is -2.30. The molecule has 98 valence electrons. The minimum Gasteiger partial charge on any atom is -0.330 e. The van der Waals surface area contributed by atoms with Gasteiger partial charge in [-0.3, -0.25) is 4.90 Å². The molecule has 2 heterocycles. The molecule has 1 aliphatic heterocycles. The molecule has 1 saturated heterocycles. The zero-order chi connectivity index (χ0) is 13.0. The molecule has 1 unspecified atom stereocenters. The minimum absolute atomic E-state index is 0.145. The zero-order valence-corrected chi connectivity index (χ0v) is 11.3. The molecule has 1 aromatic rings. The van der Waals surface area contributed by atoms with Crippen molar-refractivity contribution >= 4 is 0 Å². The maximum Gasteiger partial charge on any atom is 0.140 e. The third-order valence-corrected chi connectivity index (χ3v) is 3.66. The molecular weight excluding hydrogens is 224 g/mol. The highest BCUT2D eigenvalue weighted by Gasteiger charge is 2.24. The molecule has 0 spiro atoms. The number of nitrogens with zero attached hydrogens (tertiary/aromatic N) is 4. The third kappa shape index (κ3) is 2.73. The van der Waals surface area contributed by atoms with Gasteiger partial charge in [-0.05, 0) is 39.8 Å². The molecule has 0 aliphatic carbocycles. The molecule has 2 rings (SSSR count). The Labute approximate surface area is 109 Å². The molecule has 1 atom stereocenters. The van der Waals surface area contributed by atoms with Crippen LogP contribution in [0.3, 0.4) is 0 Å². The summed E-state index contributed by atoms with van der Waals surface area (Å²) >= 11 is 0. The van der Waals surface area contributed by atoms with Crippen LogP contribution in [0.4, 0.5) is 0 Å². The van der Waals surface area contributed by atoms with E-state index >= 15 is 0 Å². The molecule has 1 aromatic heterocycles. The monoisotopic (exact) mass is 246 g/mol. The summed E-state index contributed by atoms with van der Waals surface area (Å²) < 4.78 is 2.11. The van der Waals surface area contributed by atoms with E-state index in [4.69, 9.17) is 0 Å². The lowest BCUT2D eigenvalue weighted by molar-refractivity contribution is 0.236. The Hall–Kier alpha value is -1.34. The van der Waals surface area contributed by atoms with Gasteiger partial charge in [-0.1, -0.05) is 12.8 Å². The van der Waals surface area contributed by atoms with E-state index in [9.17, 15) is 5.26 Å². The fourth-order valence-electron chi connectivity index (χ4n) is 2.65. The van der Waals surface area contributed by atoms with Crippen molar-refractivity contribution in [3.05, 3.63) is 18.2 Å². The van der Waals surface area contributed by atoms with Gasteiger partial charge in [0.15, 0.2) is 0 Å². The van der Waals surface area contributed by atoms with E-state index in [-0.39, 0.29) is 6.04 Å². The summed E-state index contributed by atoms with van der Waals surface area (Å²) in [7, 11) is 0. The summed E-state index contributed by atoms with van der Waals surface area (Å²) in [5.74, 6) is 0. The van der Waals surface area contributed by atoms with E-state index in [2.05, 4.69) is 34.4 Å². The lowest BCUT2D eigenvalue weighted by atomic mass is 10.2. The first-order chi connectivity index (χ1) is 8.74. The Morgan fingerprint density at radius 1 is 1.22 bits per heavy atom. The van der Waals surface area contributed by atoms with Gasteiger partial charge in [-0.2, -0.15) is 5.26 Å². The van der Waals surface area contributed by atoms with Crippen molar-refractivity contribution in [3.63, 3.8) is 0 Å². The molecule has 0 radical (unpaired) electrons. The first-order valence-electron chi connectivity index (χ1n) is 6.89. The maximum absolute atomic E-state index is 9.52. The molecule has 18 heavy (non-hydrogen) atoms. The van der Waals surface area contributed by atoms with E-state index in [1.54, 1.807) is 0 Å². The van der Waals surface area contributed by atoms with Gasteiger partial charge in [-0.15, -0.1) is 0 Å². The quantitative estimate of drug-likeness (QED) is 0.823. The molecule has 4 heteroatoms. The number of hydrogen-bond acceptors (Lipinski definition) is 3. The van der Waals surface area contributed by atoms with Gasteiger partial charge in [0.1, 0.15) is 6.04 Å². The van der Waals surface area contributed by atoms with Crippen molar-refractivity contribution < 1.29 is 0 Å². The highest BCUT2D eigenvalue weighted by atomic mass is 15.2. The third-order valence-electron chi connectivity index (χ3n) is 3.66. The van der Waals surface area contributed by atoms with Crippen molar-refractivity contribution in [1.82, 2.24) is 14.5 Å². The van der Waals surface area contributed by atoms with Gasteiger partial charge in [-0.25, -0.2) is 4.98 Å². The van der Waals surface area contributed by atoms with Gasteiger partial charge in [0.25, 0.3) is 0 Å². The fourth-order valence-corrected chi connectivity index (χ4v) is 2.65. The summed E-state index contributed by atoms with van der Waals surface area (Å²) in [6, 6.07) is 2.67. The van der Waals surface area contributed by atoms with Crippen molar-refractivity contribution in [1.29, 1.82) is 5.26 Å². The number of likely N-dealkylation sites (tertiary alicyclic amines) is 1. The van der Waals surface area contributed by atoms with Crippen LogP contribution in [-0.4, -0.2) is 27.5 Å². The second kappa shape index (κ2) is 6.01. The van der Waals surface area contributed by atoms with Gasteiger partial charge < -0.3 is 4.57 Å². The lowest BCUT2D eigenvalue weighted by Gasteiger charge is -2.26. The van der Waals surface area contributed by atoms with Crippen LogP contribution in [0.15, 0.2) is 12.5 Å². The van der Waals surface area contributed by atoms with Crippen LogP contribution in [-0.2, 0) is 0 Å². The van der Waals surface area contributed by atoms with Gasteiger partial charge >= 0.3 is 0 Å². The topological polar surface area (TPSA) is 44.9 Å². The second-order valence-corrected chi connectivity index (χ2v) is 5.30. The van der Waals surface area contributed by atoms with Crippen LogP contribution < -0.4 is 0 Å². The Bertz CT molecular complexity index is 408. The summed E-state index contributed by atoms with van der Waals surface area (Å²) in [5.41, 5.74) is 1.04. The van der Waals surface area contributed by atoms with Crippen LogP contribution in [0.25, 0.3) is 0 Å². The summed E-state index contributed by atoms with van der Waals surface area (Å²) in [4.78, 5) is 6.52. The summed E-state index contributed by atoms with van der Waals surface area (Å²) in [5, 5.41) is 9.52. The number of rotatable bonds is 3. The van der Waals surface area contributed by atoms with E-state index < -0.39 is 0 Å². The SMILES string of the molecule is CC(C)n1cncc1C(C#N)N1CCCCCC1. The summed E-state index contributed by atoms with van der Waals surface area (Å²) in [6.07, 6.45) is 8.67. The average Bonchev–Trinajstić information content (AvgIpc) is 2.67. The van der Waals surface area contributed by atoms with Gasteiger partial charge in [0.05, 0.1) is 24.3 Å². The van der Waals surface area contributed by atoms with E-state index in [0.717, 1.165) is 18.8 Å². The second-order valence-electron chi connectivity index (χ2n) is 5.30. The van der Waals surface area contributed by atoms with Crippen LogP contribution in [0.1, 0.15) is 57.3 Å². The molecule has 0 N–H and O–H groups in total. The Morgan fingerprint density at radius 2 is 1.89 bits per heavy atom. The first-order valence-corrected chi connectivity index (χ1v) is 6.89. The maximum atomic E-state index is 9.52. The van der Waals surface area contributed by atoms with Crippen LogP contribution in [0.5, 0.6) is 0 Å². The highest BCUT2D eigenvalue weighted by Crippen LogP contribution is 2.25. The molecule has 4 nitrogen and oxygen atoms in total. The molecular formula is C14H22N4.